The van der Waals surface area contributed by atoms with Crippen molar-refractivity contribution in [3.05, 3.63) is 53.1 Å². The second kappa shape index (κ2) is 7.16. The Morgan fingerprint density at radius 1 is 1.14 bits per heavy atom. The van der Waals surface area contributed by atoms with Crippen LogP contribution < -0.4 is 0 Å². The highest BCUT2D eigenvalue weighted by atomic mass is 19.4. The number of halogens is 4. The molecular weight excluding hydrogens is 390 g/mol. The van der Waals surface area contributed by atoms with E-state index >= 15 is 0 Å². The molecule has 0 saturated carbocycles. The van der Waals surface area contributed by atoms with E-state index in [0.29, 0.717) is 30.5 Å². The number of nitrogens with zero attached hydrogens (tertiary/aromatic N) is 1. The van der Waals surface area contributed by atoms with E-state index in [1.54, 1.807) is 0 Å². The first-order chi connectivity index (χ1) is 13.3. The number of aliphatic hydroxyl groups is 1. The van der Waals surface area contributed by atoms with Gasteiger partial charge in [0.2, 0.25) is 0 Å². The van der Waals surface area contributed by atoms with Gasteiger partial charge in [0, 0.05) is 29.4 Å². The molecule has 1 aromatic heterocycles. The molecule has 0 radical (unpaired) electrons. The van der Waals surface area contributed by atoms with Gasteiger partial charge in [0.15, 0.2) is 11.4 Å². The highest BCUT2D eigenvalue weighted by Crippen LogP contribution is 2.44. The molecule has 1 aliphatic carbocycles. The number of ketones is 1. The summed E-state index contributed by atoms with van der Waals surface area (Å²) in [5.74, 6) is -1.16. The number of rotatable bonds is 5. The first-order valence-electron chi connectivity index (χ1n) is 9.33. The third kappa shape index (κ3) is 4.03. The van der Waals surface area contributed by atoms with Gasteiger partial charge in [-0.1, -0.05) is 13.8 Å². The van der Waals surface area contributed by atoms with Crippen LogP contribution in [0.3, 0.4) is 0 Å². The molecule has 29 heavy (non-hydrogen) atoms. The molecule has 8 heteroatoms. The summed E-state index contributed by atoms with van der Waals surface area (Å²) in [6.07, 6.45) is -3.05. The number of hydrogen-bond acceptors (Lipinski definition) is 3. The van der Waals surface area contributed by atoms with Crippen LogP contribution in [0.1, 0.15) is 54.7 Å². The van der Waals surface area contributed by atoms with Crippen molar-refractivity contribution in [3.63, 3.8) is 0 Å². The van der Waals surface area contributed by atoms with Gasteiger partial charge >= 0.3 is 6.18 Å². The number of carbonyl (C=O) groups excluding carboxylic acids is 1. The molecule has 0 bridgehead atoms. The van der Waals surface area contributed by atoms with Crippen molar-refractivity contribution in [3.8, 4) is 5.75 Å². The number of phenols is 1. The molecule has 1 aromatic carbocycles. The lowest BCUT2D eigenvalue weighted by Gasteiger charge is -2.38. The monoisotopic (exact) mass is 413 g/mol. The van der Waals surface area contributed by atoms with Crippen molar-refractivity contribution >= 4 is 5.78 Å². The lowest BCUT2D eigenvalue weighted by Crippen LogP contribution is -2.52. The Balaban J connectivity index is 1.98. The van der Waals surface area contributed by atoms with Crippen LogP contribution in [-0.4, -0.2) is 32.3 Å². The van der Waals surface area contributed by atoms with E-state index in [1.807, 2.05) is 0 Å². The molecule has 1 heterocycles. The average Bonchev–Trinajstić information content (AvgIpc) is 2.99. The number of hydrogen-bond donors (Lipinski definition) is 2. The van der Waals surface area contributed by atoms with Crippen LogP contribution in [0.4, 0.5) is 17.6 Å². The Kier molecular flexibility index (Phi) is 5.28. The van der Waals surface area contributed by atoms with E-state index in [1.165, 1.54) is 30.7 Å². The van der Waals surface area contributed by atoms with Crippen LogP contribution in [0.15, 0.2) is 30.5 Å². The van der Waals surface area contributed by atoms with Crippen LogP contribution in [0.25, 0.3) is 0 Å². The fourth-order valence-corrected chi connectivity index (χ4v) is 4.14. The Labute approximate surface area is 165 Å². The highest BCUT2D eigenvalue weighted by molar-refractivity contribution is 5.98. The summed E-state index contributed by atoms with van der Waals surface area (Å²) in [6.45, 7) is 2.03. The third-order valence-electron chi connectivity index (χ3n) is 5.58. The molecule has 1 unspecified atom stereocenters. The van der Waals surface area contributed by atoms with Gasteiger partial charge < -0.3 is 14.8 Å². The van der Waals surface area contributed by atoms with Crippen LogP contribution in [0, 0.1) is 5.82 Å². The molecule has 158 valence electrons. The van der Waals surface area contributed by atoms with Crippen molar-refractivity contribution in [2.75, 3.05) is 0 Å². The van der Waals surface area contributed by atoms with Crippen LogP contribution in [0.2, 0.25) is 0 Å². The molecule has 0 spiro atoms. The van der Waals surface area contributed by atoms with Crippen molar-refractivity contribution in [2.45, 2.75) is 63.3 Å². The van der Waals surface area contributed by atoms with Gasteiger partial charge in [-0.2, -0.15) is 13.2 Å². The smallest absolute Gasteiger partial charge is 0.418 e. The predicted octanol–water partition coefficient (Wildman–Crippen LogP) is 4.51. The largest absolute Gasteiger partial charge is 0.508 e. The molecule has 0 fully saturated rings. The van der Waals surface area contributed by atoms with E-state index in [2.05, 4.69) is 0 Å². The molecule has 4 nitrogen and oxygen atoms in total. The number of aromatic nitrogens is 1. The van der Waals surface area contributed by atoms with Crippen molar-refractivity contribution in [1.29, 1.82) is 0 Å². The summed E-state index contributed by atoms with van der Waals surface area (Å²) < 4.78 is 56.8. The third-order valence-corrected chi connectivity index (χ3v) is 5.58. The van der Waals surface area contributed by atoms with E-state index < -0.39 is 36.0 Å². The van der Waals surface area contributed by atoms with Crippen LogP contribution >= 0.6 is 0 Å². The number of carbonyl (C=O) groups is 1. The molecule has 1 atom stereocenters. The second-order valence-corrected chi connectivity index (χ2v) is 8.33. The molecule has 0 aliphatic heterocycles. The quantitative estimate of drug-likeness (QED) is 0.709. The summed E-state index contributed by atoms with van der Waals surface area (Å²) in [5, 5.41) is 20.8. The summed E-state index contributed by atoms with van der Waals surface area (Å²) in [4.78, 5) is 12.0. The number of benzene rings is 1. The Bertz CT molecular complexity index is 932. The van der Waals surface area contributed by atoms with E-state index in [9.17, 15) is 32.6 Å². The number of phenolic OH excluding ortho intramolecular Hbond substituents is 1. The number of Topliss-reactive ketones (excluding diaryl/α,β-unsaturated/α-hetero) is 1. The molecule has 3 rings (SSSR count). The molecular formula is C21H23F4NO3. The summed E-state index contributed by atoms with van der Waals surface area (Å²) in [6, 6.07) is 4.54. The molecule has 2 N–H and O–H groups in total. The minimum absolute atomic E-state index is 0.0233. The maximum absolute atomic E-state index is 14.0. The fraction of sp³-hybridized carbons (Fsp3) is 0.476. The molecule has 0 amide bonds. The Morgan fingerprint density at radius 2 is 1.83 bits per heavy atom. The minimum atomic E-state index is -4.98. The first-order valence-corrected chi connectivity index (χ1v) is 9.33. The predicted molar refractivity (Wildman–Crippen MR) is 98.4 cm³/mol. The zero-order valence-electron chi connectivity index (χ0n) is 16.2. The fourth-order valence-electron chi connectivity index (χ4n) is 4.14. The van der Waals surface area contributed by atoms with Crippen molar-refractivity contribution < 1.29 is 32.6 Å². The number of fused-ring (bicyclic) bond motifs is 1. The van der Waals surface area contributed by atoms with Gasteiger partial charge in [0.25, 0.3) is 0 Å². The van der Waals surface area contributed by atoms with E-state index in [4.69, 9.17) is 0 Å². The molecule has 0 saturated heterocycles. The van der Waals surface area contributed by atoms with Crippen LogP contribution in [-0.2, 0) is 18.4 Å². The van der Waals surface area contributed by atoms with E-state index in [-0.39, 0.29) is 17.1 Å². The van der Waals surface area contributed by atoms with Gasteiger partial charge in [-0.05, 0) is 48.9 Å². The highest BCUT2D eigenvalue weighted by Gasteiger charge is 2.56. The second-order valence-electron chi connectivity index (χ2n) is 8.33. The number of alkyl halides is 3. The Morgan fingerprint density at radius 3 is 2.48 bits per heavy atom. The summed E-state index contributed by atoms with van der Waals surface area (Å²) in [7, 11) is 0. The van der Waals surface area contributed by atoms with Gasteiger partial charge in [-0.3, -0.25) is 4.79 Å². The zero-order valence-corrected chi connectivity index (χ0v) is 16.2. The maximum atomic E-state index is 14.0. The van der Waals surface area contributed by atoms with Gasteiger partial charge in [0.1, 0.15) is 11.6 Å². The normalized spacial score (nSPS) is 17.1. The topological polar surface area (TPSA) is 62.5 Å². The Hall–Kier alpha value is -2.35. The van der Waals surface area contributed by atoms with Crippen LogP contribution in [0.5, 0.6) is 5.75 Å². The molecule has 1 aliphatic rings. The van der Waals surface area contributed by atoms with E-state index in [0.717, 1.165) is 18.2 Å². The minimum Gasteiger partial charge on any atom is -0.508 e. The van der Waals surface area contributed by atoms with Crippen molar-refractivity contribution in [2.24, 2.45) is 0 Å². The summed E-state index contributed by atoms with van der Waals surface area (Å²) >= 11 is 0. The summed E-state index contributed by atoms with van der Waals surface area (Å²) in [5.41, 5.74) is -3.69. The van der Waals surface area contributed by atoms with Gasteiger partial charge in [-0.15, -0.1) is 0 Å². The lowest BCUT2D eigenvalue weighted by atomic mass is 9.74. The zero-order chi connectivity index (χ0) is 21.6. The van der Waals surface area contributed by atoms with Crippen molar-refractivity contribution in [1.82, 2.24) is 4.57 Å². The number of aromatic hydroxyl groups is 1. The first kappa shape index (κ1) is 21.4. The van der Waals surface area contributed by atoms with Gasteiger partial charge in [0.05, 0.1) is 6.54 Å². The lowest BCUT2D eigenvalue weighted by molar-refractivity contribution is -0.271. The SMILES string of the molecule is CC(C)(CC(O)(Cn1ccc2c1CCCC2=O)C(F)(F)F)c1cc(F)ccc1O. The molecule has 2 aromatic rings. The maximum Gasteiger partial charge on any atom is 0.418 e. The van der Waals surface area contributed by atoms with Gasteiger partial charge in [-0.25, -0.2) is 4.39 Å². The standard InChI is InChI=1S/C21H23F4NO3/c1-19(2,15-10-13(22)6-7-18(15)28)11-20(29,21(23,24)25)12-26-9-8-14-16(26)4-3-5-17(14)27/h6-10,28-29H,3-5,11-12H2,1-2H3. The average molecular weight is 413 g/mol.